The summed E-state index contributed by atoms with van der Waals surface area (Å²) in [4.78, 5) is 19.2. The average molecular weight is 210 g/mol. The van der Waals surface area contributed by atoms with E-state index >= 15 is 0 Å². The van der Waals surface area contributed by atoms with Gasteiger partial charge in [0.25, 0.3) is 5.91 Å². The fraction of sp³-hybridized carbons (Fsp3) is 0.444. The first kappa shape index (κ1) is 11.4. The van der Waals surface area contributed by atoms with Gasteiger partial charge in [0.15, 0.2) is 11.5 Å². The van der Waals surface area contributed by atoms with E-state index in [1.807, 2.05) is 6.92 Å². The molecule has 1 atom stereocenters. The predicted molar refractivity (Wildman–Crippen MR) is 55.2 cm³/mol. The van der Waals surface area contributed by atoms with Crippen molar-refractivity contribution in [1.29, 1.82) is 0 Å². The molecule has 1 amide bonds. The number of nitrogens with zero attached hydrogens (tertiary/aromatic N) is 2. The van der Waals surface area contributed by atoms with Gasteiger partial charge in [0.2, 0.25) is 0 Å². The lowest BCUT2D eigenvalue weighted by Crippen LogP contribution is -2.36. The molecular weight excluding hydrogens is 196 g/mol. The van der Waals surface area contributed by atoms with Gasteiger partial charge in [-0.2, -0.15) is 0 Å². The van der Waals surface area contributed by atoms with Gasteiger partial charge < -0.3 is 15.8 Å². The molecule has 0 fully saturated rings. The lowest BCUT2D eigenvalue weighted by Gasteiger charge is -2.12. The number of hydrogen-bond donors (Lipinski definition) is 2. The minimum absolute atomic E-state index is 0.0936. The summed E-state index contributed by atoms with van der Waals surface area (Å²) in [5.74, 6) is -0.218. The third kappa shape index (κ3) is 3.17. The first-order valence-electron chi connectivity index (χ1n) is 4.51. The summed E-state index contributed by atoms with van der Waals surface area (Å²) in [7, 11) is 1.57. The van der Waals surface area contributed by atoms with Gasteiger partial charge in [-0.05, 0) is 6.92 Å². The fourth-order valence-electron chi connectivity index (χ4n) is 1.11. The van der Waals surface area contributed by atoms with E-state index in [2.05, 4.69) is 15.3 Å². The SMILES string of the molecule is COCC(C)NC(=O)c1nccnc1N. The summed E-state index contributed by atoms with van der Waals surface area (Å²) in [5.41, 5.74) is 5.64. The lowest BCUT2D eigenvalue weighted by molar-refractivity contribution is 0.0901. The molecule has 0 aliphatic rings. The molecule has 0 bridgehead atoms. The highest BCUT2D eigenvalue weighted by molar-refractivity contribution is 5.96. The molecule has 1 aromatic heterocycles. The van der Waals surface area contributed by atoms with Gasteiger partial charge in [-0.1, -0.05) is 0 Å². The van der Waals surface area contributed by atoms with Crippen LogP contribution in [-0.2, 0) is 4.74 Å². The Bertz CT molecular complexity index is 343. The summed E-state index contributed by atoms with van der Waals surface area (Å²) < 4.78 is 4.89. The first-order chi connectivity index (χ1) is 7.15. The second-order valence-corrected chi connectivity index (χ2v) is 3.12. The Kier molecular flexibility index (Phi) is 3.99. The molecule has 1 unspecified atom stereocenters. The fourth-order valence-corrected chi connectivity index (χ4v) is 1.11. The minimum Gasteiger partial charge on any atom is -0.383 e. The van der Waals surface area contributed by atoms with Crippen LogP contribution in [0.5, 0.6) is 0 Å². The van der Waals surface area contributed by atoms with Crippen LogP contribution in [0, 0.1) is 0 Å². The van der Waals surface area contributed by atoms with Crippen LogP contribution in [-0.4, -0.2) is 35.6 Å². The summed E-state index contributed by atoms with van der Waals surface area (Å²) in [6, 6.07) is -0.0936. The van der Waals surface area contributed by atoms with Crippen LogP contribution in [0.25, 0.3) is 0 Å². The topological polar surface area (TPSA) is 90.1 Å². The Morgan fingerprint density at radius 2 is 2.27 bits per heavy atom. The van der Waals surface area contributed by atoms with Gasteiger partial charge in [0.1, 0.15) is 0 Å². The van der Waals surface area contributed by atoms with Crippen LogP contribution in [0.2, 0.25) is 0 Å². The van der Waals surface area contributed by atoms with E-state index < -0.39 is 0 Å². The number of methoxy groups -OCH3 is 1. The maximum atomic E-state index is 11.6. The summed E-state index contributed by atoms with van der Waals surface area (Å²) in [6.07, 6.45) is 2.86. The quantitative estimate of drug-likeness (QED) is 0.719. The zero-order chi connectivity index (χ0) is 11.3. The smallest absolute Gasteiger partial charge is 0.274 e. The molecule has 6 nitrogen and oxygen atoms in total. The van der Waals surface area contributed by atoms with Gasteiger partial charge in [0.05, 0.1) is 6.61 Å². The number of ether oxygens (including phenoxy) is 1. The third-order valence-electron chi connectivity index (χ3n) is 1.74. The van der Waals surface area contributed by atoms with E-state index in [1.165, 1.54) is 12.4 Å². The molecule has 3 N–H and O–H groups in total. The van der Waals surface area contributed by atoms with Crippen molar-refractivity contribution in [2.75, 3.05) is 19.5 Å². The third-order valence-corrected chi connectivity index (χ3v) is 1.74. The zero-order valence-electron chi connectivity index (χ0n) is 8.73. The standard InChI is InChI=1S/C9H14N4O2/c1-6(5-15-2)13-9(14)7-8(10)12-4-3-11-7/h3-4,6H,5H2,1-2H3,(H2,10,12)(H,13,14). The van der Waals surface area contributed by atoms with Crippen LogP contribution >= 0.6 is 0 Å². The molecule has 1 heterocycles. The molecule has 82 valence electrons. The van der Waals surface area contributed by atoms with E-state index in [0.717, 1.165) is 0 Å². The highest BCUT2D eigenvalue weighted by atomic mass is 16.5. The number of nitrogen functional groups attached to an aromatic ring is 1. The number of carbonyl (C=O) groups excluding carboxylic acids is 1. The van der Waals surface area contributed by atoms with Crippen LogP contribution in [0.4, 0.5) is 5.82 Å². The number of carbonyl (C=O) groups is 1. The molecule has 0 aliphatic carbocycles. The first-order valence-corrected chi connectivity index (χ1v) is 4.51. The molecule has 1 aromatic rings. The monoisotopic (exact) mass is 210 g/mol. The predicted octanol–water partition coefficient (Wildman–Crippen LogP) is -0.177. The molecule has 0 aromatic carbocycles. The van der Waals surface area contributed by atoms with Crippen molar-refractivity contribution in [1.82, 2.24) is 15.3 Å². The van der Waals surface area contributed by atoms with Crippen molar-refractivity contribution in [2.45, 2.75) is 13.0 Å². The van der Waals surface area contributed by atoms with Gasteiger partial charge in [-0.25, -0.2) is 9.97 Å². The highest BCUT2D eigenvalue weighted by Gasteiger charge is 2.13. The van der Waals surface area contributed by atoms with Crippen LogP contribution in [0.15, 0.2) is 12.4 Å². The molecule has 0 saturated heterocycles. The van der Waals surface area contributed by atoms with Gasteiger partial charge in [-0.15, -0.1) is 0 Å². The Morgan fingerprint density at radius 1 is 1.60 bits per heavy atom. The van der Waals surface area contributed by atoms with Crippen molar-refractivity contribution in [3.8, 4) is 0 Å². The molecular formula is C9H14N4O2. The van der Waals surface area contributed by atoms with E-state index in [1.54, 1.807) is 7.11 Å². The Hall–Kier alpha value is -1.69. The molecule has 0 aliphatic heterocycles. The maximum Gasteiger partial charge on any atom is 0.274 e. The van der Waals surface area contributed by atoms with Gasteiger partial charge >= 0.3 is 0 Å². The van der Waals surface area contributed by atoms with Gasteiger partial charge in [0, 0.05) is 25.5 Å². The molecule has 0 spiro atoms. The molecule has 6 heteroatoms. The molecule has 0 saturated carbocycles. The minimum atomic E-state index is -0.342. The number of hydrogen-bond acceptors (Lipinski definition) is 5. The van der Waals surface area contributed by atoms with Crippen molar-refractivity contribution < 1.29 is 9.53 Å². The number of anilines is 1. The summed E-state index contributed by atoms with van der Waals surface area (Å²) in [5, 5.41) is 2.69. The van der Waals surface area contributed by atoms with Gasteiger partial charge in [-0.3, -0.25) is 4.79 Å². The number of nitrogens with two attached hydrogens (primary N) is 1. The number of amides is 1. The molecule has 0 radical (unpaired) electrons. The van der Waals surface area contributed by atoms with E-state index in [9.17, 15) is 4.79 Å². The van der Waals surface area contributed by atoms with Crippen molar-refractivity contribution in [2.24, 2.45) is 0 Å². The number of aromatic nitrogens is 2. The zero-order valence-corrected chi connectivity index (χ0v) is 8.73. The van der Waals surface area contributed by atoms with Crippen LogP contribution in [0.3, 0.4) is 0 Å². The van der Waals surface area contributed by atoms with Crippen molar-refractivity contribution in [3.63, 3.8) is 0 Å². The average Bonchev–Trinajstić information content (AvgIpc) is 2.18. The summed E-state index contributed by atoms with van der Waals surface area (Å²) >= 11 is 0. The lowest BCUT2D eigenvalue weighted by atomic mass is 10.3. The number of rotatable bonds is 4. The largest absolute Gasteiger partial charge is 0.383 e. The number of nitrogens with one attached hydrogen (secondary N) is 1. The van der Waals surface area contributed by atoms with Crippen molar-refractivity contribution in [3.05, 3.63) is 18.1 Å². The van der Waals surface area contributed by atoms with Crippen LogP contribution < -0.4 is 11.1 Å². The van der Waals surface area contributed by atoms with E-state index in [-0.39, 0.29) is 23.5 Å². The summed E-state index contributed by atoms with van der Waals surface area (Å²) in [6.45, 7) is 2.26. The van der Waals surface area contributed by atoms with Crippen molar-refractivity contribution >= 4 is 11.7 Å². The van der Waals surface area contributed by atoms with E-state index in [4.69, 9.17) is 10.5 Å². The molecule has 1 rings (SSSR count). The van der Waals surface area contributed by atoms with Crippen LogP contribution in [0.1, 0.15) is 17.4 Å². The Labute approximate surface area is 87.9 Å². The van der Waals surface area contributed by atoms with E-state index in [0.29, 0.717) is 6.61 Å². The Balaban J connectivity index is 2.65. The Morgan fingerprint density at radius 3 is 2.87 bits per heavy atom. The molecule has 15 heavy (non-hydrogen) atoms. The second kappa shape index (κ2) is 5.26. The highest BCUT2D eigenvalue weighted by Crippen LogP contribution is 2.02. The maximum absolute atomic E-state index is 11.6. The normalized spacial score (nSPS) is 12.1. The second-order valence-electron chi connectivity index (χ2n) is 3.12.